The van der Waals surface area contributed by atoms with E-state index in [2.05, 4.69) is 36.8 Å². The number of aromatic nitrogens is 4. The standard InChI is InChI=1S/C25H23N7O2S/c33-32(34)22-9-4-2-7-20(22)24-28-27-23-19-6-1-3-8-21(19)26-25(31(23)24)30-12-5-11-29(13-14-30)16-18-10-15-35-17-18/h1-4,6-10,15,17H,5,11-14,16H2. The number of thiophene rings is 1. The SMILES string of the molecule is O=[N+]([O-])c1ccccc1-c1nnc2c3ccccc3nc(N3CCCN(Cc4ccsc4)CC3)n12. The van der Waals surface area contributed by atoms with Crippen LogP contribution in [0.3, 0.4) is 0 Å². The zero-order valence-electron chi connectivity index (χ0n) is 18.9. The van der Waals surface area contributed by atoms with Crippen LogP contribution < -0.4 is 4.90 Å². The van der Waals surface area contributed by atoms with Crippen LogP contribution in [0.2, 0.25) is 0 Å². The third kappa shape index (κ3) is 4.00. The van der Waals surface area contributed by atoms with Crippen LogP contribution >= 0.6 is 11.3 Å². The minimum atomic E-state index is -0.376. The summed E-state index contributed by atoms with van der Waals surface area (Å²) in [6, 6.07) is 16.7. The van der Waals surface area contributed by atoms with E-state index in [0.29, 0.717) is 23.0 Å². The van der Waals surface area contributed by atoms with Crippen molar-refractivity contribution in [1.29, 1.82) is 0 Å². The molecular formula is C25H23N7O2S. The molecule has 1 aliphatic heterocycles. The number of fused-ring (bicyclic) bond motifs is 3. The summed E-state index contributed by atoms with van der Waals surface area (Å²) in [5.74, 6) is 1.15. The lowest BCUT2D eigenvalue weighted by Crippen LogP contribution is -2.32. The molecule has 176 valence electrons. The highest BCUT2D eigenvalue weighted by Gasteiger charge is 2.26. The number of nitro groups is 1. The summed E-state index contributed by atoms with van der Waals surface area (Å²) in [7, 11) is 0. The van der Waals surface area contributed by atoms with Gasteiger partial charge in [-0.25, -0.2) is 9.38 Å². The zero-order valence-corrected chi connectivity index (χ0v) is 19.8. The molecule has 6 rings (SSSR count). The molecule has 0 unspecified atom stereocenters. The summed E-state index contributed by atoms with van der Waals surface area (Å²) in [5, 5.41) is 25.9. The first-order valence-electron chi connectivity index (χ1n) is 11.5. The molecule has 1 aliphatic rings. The van der Waals surface area contributed by atoms with E-state index < -0.39 is 0 Å². The van der Waals surface area contributed by atoms with E-state index >= 15 is 0 Å². The Kier molecular flexibility index (Phi) is 5.59. The first-order chi connectivity index (χ1) is 17.2. The van der Waals surface area contributed by atoms with Crippen molar-refractivity contribution in [3.63, 3.8) is 0 Å². The minimum absolute atomic E-state index is 0.00119. The molecule has 5 aromatic rings. The number of rotatable bonds is 5. The molecule has 3 aromatic heterocycles. The van der Waals surface area contributed by atoms with Gasteiger partial charge in [0.05, 0.1) is 16.0 Å². The van der Waals surface area contributed by atoms with Gasteiger partial charge in [0.15, 0.2) is 11.5 Å². The van der Waals surface area contributed by atoms with Crippen LogP contribution in [0.5, 0.6) is 0 Å². The Hall–Kier alpha value is -3.89. The van der Waals surface area contributed by atoms with Gasteiger partial charge in [-0.05, 0) is 47.0 Å². The molecule has 1 saturated heterocycles. The number of hydrogen-bond acceptors (Lipinski definition) is 8. The van der Waals surface area contributed by atoms with Gasteiger partial charge in [0, 0.05) is 44.2 Å². The van der Waals surface area contributed by atoms with Crippen LogP contribution in [-0.2, 0) is 6.54 Å². The monoisotopic (exact) mass is 485 g/mol. The largest absolute Gasteiger partial charge is 0.341 e. The Bertz CT molecular complexity index is 1520. The van der Waals surface area contributed by atoms with Gasteiger partial charge >= 0.3 is 0 Å². The summed E-state index contributed by atoms with van der Waals surface area (Å²) >= 11 is 1.72. The Morgan fingerprint density at radius 2 is 1.83 bits per heavy atom. The van der Waals surface area contributed by atoms with Gasteiger partial charge in [-0.1, -0.05) is 24.3 Å². The lowest BCUT2D eigenvalue weighted by Gasteiger charge is -2.24. The van der Waals surface area contributed by atoms with E-state index in [9.17, 15) is 10.1 Å². The molecular weight excluding hydrogens is 462 g/mol. The van der Waals surface area contributed by atoms with E-state index in [0.717, 1.165) is 50.0 Å². The number of para-hydroxylation sites is 2. The quantitative estimate of drug-likeness (QED) is 0.265. The van der Waals surface area contributed by atoms with Gasteiger partial charge in [0.2, 0.25) is 5.95 Å². The summed E-state index contributed by atoms with van der Waals surface area (Å²) in [6.45, 7) is 4.46. The lowest BCUT2D eigenvalue weighted by atomic mass is 10.1. The van der Waals surface area contributed by atoms with Crippen LogP contribution in [0.1, 0.15) is 12.0 Å². The fourth-order valence-electron chi connectivity index (χ4n) is 4.74. The van der Waals surface area contributed by atoms with Gasteiger partial charge in [-0.15, -0.1) is 10.2 Å². The molecule has 0 atom stereocenters. The average Bonchev–Trinajstić information content (AvgIpc) is 3.50. The van der Waals surface area contributed by atoms with Crippen molar-refractivity contribution < 1.29 is 4.92 Å². The van der Waals surface area contributed by atoms with Crippen LogP contribution in [-0.4, -0.2) is 55.6 Å². The molecule has 1 fully saturated rings. The first kappa shape index (κ1) is 21.6. The molecule has 35 heavy (non-hydrogen) atoms. The molecule has 10 heteroatoms. The number of nitrogens with zero attached hydrogens (tertiary/aromatic N) is 7. The predicted octanol–water partition coefficient (Wildman–Crippen LogP) is 4.63. The third-order valence-corrected chi connectivity index (χ3v) is 7.16. The maximum atomic E-state index is 11.8. The maximum Gasteiger partial charge on any atom is 0.280 e. The number of anilines is 1. The fraction of sp³-hybridized carbons (Fsp3) is 0.240. The van der Waals surface area contributed by atoms with Crippen molar-refractivity contribution in [2.75, 3.05) is 31.1 Å². The van der Waals surface area contributed by atoms with Crippen LogP contribution in [0, 0.1) is 10.1 Å². The predicted molar refractivity (Wildman–Crippen MR) is 137 cm³/mol. The second-order valence-electron chi connectivity index (χ2n) is 8.63. The normalized spacial score (nSPS) is 15.0. The van der Waals surface area contributed by atoms with Crippen LogP contribution in [0.4, 0.5) is 11.6 Å². The first-order valence-corrected chi connectivity index (χ1v) is 12.5. The molecule has 9 nitrogen and oxygen atoms in total. The number of nitro benzene ring substituents is 1. The second-order valence-corrected chi connectivity index (χ2v) is 9.41. The van der Waals surface area contributed by atoms with Crippen LogP contribution in [0.25, 0.3) is 27.9 Å². The van der Waals surface area contributed by atoms with Gasteiger partial charge in [-0.3, -0.25) is 15.0 Å². The molecule has 0 amide bonds. The summed E-state index contributed by atoms with van der Waals surface area (Å²) in [5.41, 5.74) is 3.25. The van der Waals surface area contributed by atoms with E-state index in [-0.39, 0.29) is 10.6 Å². The number of benzene rings is 2. The highest BCUT2D eigenvalue weighted by molar-refractivity contribution is 7.07. The van der Waals surface area contributed by atoms with E-state index in [1.54, 1.807) is 29.5 Å². The average molecular weight is 486 g/mol. The van der Waals surface area contributed by atoms with E-state index in [1.165, 1.54) is 11.6 Å². The highest BCUT2D eigenvalue weighted by Crippen LogP contribution is 2.33. The molecule has 4 heterocycles. The molecule has 0 radical (unpaired) electrons. The Morgan fingerprint density at radius 1 is 0.971 bits per heavy atom. The molecule has 0 N–H and O–H groups in total. The van der Waals surface area contributed by atoms with Gasteiger partial charge in [0.25, 0.3) is 5.69 Å². The summed E-state index contributed by atoms with van der Waals surface area (Å²) in [6.07, 6.45) is 0.989. The van der Waals surface area contributed by atoms with Crippen molar-refractivity contribution in [3.8, 4) is 11.4 Å². The Balaban J connectivity index is 1.46. The van der Waals surface area contributed by atoms with E-state index in [1.807, 2.05) is 28.7 Å². The van der Waals surface area contributed by atoms with Crippen molar-refractivity contribution in [3.05, 3.63) is 81.0 Å². The zero-order chi connectivity index (χ0) is 23.8. The van der Waals surface area contributed by atoms with Crippen molar-refractivity contribution in [1.82, 2.24) is 24.5 Å². The molecule has 0 aliphatic carbocycles. The lowest BCUT2D eigenvalue weighted by molar-refractivity contribution is -0.384. The van der Waals surface area contributed by atoms with Gasteiger partial charge in [-0.2, -0.15) is 11.3 Å². The molecule has 2 aromatic carbocycles. The molecule has 0 saturated carbocycles. The van der Waals surface area contributed by atoms with Crippen LogP contribution in [0.15, 0.2) is 65.4 Å². The summed E-state index contributed by atoms with van der Waals surface area (Å²) in [4.78, 5) is 21.2. The van der Waals surface area contributed by atoms with Crippen molar-refractivity contribution in [2.24, 2.45) is 0 Å². The number of hydrogen-bond donors (Lipinski definition) is 0. The molecule has 0 bridgehead atoms. The smallest absolute Gasteiger partial charge is 0.280 e. The Morgan fingerprint density at radius 3 is 2.69 bits per heavy atom. The minimum Gasteiger partial charge on any atom is -0.341 e. The second kappa shape index (κ2) is 9.05. The Labute approximate surface area is 205 Å². The van der Waals surface area contributed by atoms with Crippen molar-refractivity contribution in [2.45, 2.75) is 13.0 Å². The van der Waals surface area contributed by atoms with Gasteiger partial charge in [0.1, 0.15) is 0 Å². The van der Waals surface area contributed by atoms with E-state index in [4.69, 9.17) is 4.98 Å². The summed E-state index contributed by atoms with van der Waals surface area (Å²) < 4.78 is 1.89. The third-order valence-electron chi connectivity index (χ3n) is 6.43. The highest BCUT2D eigenvalue weighted by atomic mass is 32.1. The van der Waals surface area contributed by atoms with Gasteiger partial charge < -0.3 is 4.90 Å². The fourth-order valence-corrected chi connectivity index (χ4v) is 5.40. The maximum absolute atomic E-state index is 11.8. The topological polar surface area (TPSA) is 92.7 Å². The molecule has 0 spiro atoms. The van der Waals surface area contributed by atoms with Crippen molar-refractivity contribution >= 4 is 39.5 Å².